The molecule has 3 aromatic carbocycles. The second kappa shape index (κ2) is 9.89. The molecule has 1 aliphatic heterocycles. The van der Waals surface area contributed by atoms with Crippen LogP contribution in [-0.4, -0.2) is 45.0 Å². The number of amides is 2. The molecule has 8 heteroatoms. The maximum atomic E-state index is 12.8. The van der Waals surface area contributed by atoms with Crippen molar-refractivity contribution < 1.29 is 23.7 Å². The van der Waals surface area contributed by atoms with Crippen LogP contribution in [0, 0.1) is 0 Å². The van der Waals surface area contributed by atoms with Crippen molar-refractivity contribution in [2.75, 3.05) is 39.3 Å². The third-order valence-corrected chi connectivity index (χ3v) is 6.07. The number of anilines is 1. The Morgan fingerprint density at radius 3 is 2.60 bits per heavy atom. The summed E-state index contributed by atoms with van der Waals surface area (Å²) >= 11 is 0. The average molecular weight is 474 g/mol. The minimum Gasteiger partial charge on any atom is -0.493 e. The molecule has 8 nitrogen and oxygen atoms in total. The topological polar surface area (TPSA) is 93.8 Å². The summed E-state index contributed by atoms with van der Waals surface area (Å²) in [5, 5.41) is 7.00. The van der Waals surface area contributed by atoms with Crippen LogP contribution in [-0.2, 0) is 0 Å². The van der Waals surface area contributed by atoms with E-state index in [4.69, 9.17) is 18.9 Å². The van der Waals surface area contributed by atoms with E-state index in [1.165, 1.54) is 0 Å². The maximum absolute atomic E-state index is 12.8. The van der Waals surface area contributed by atoms with Gasteiger partial charge < -0.3 is 34.6 Å². The molecule has 0 fully saturated rings. The summed E-state index contributed by atoms with van der Waals surface area (Å²) in [6, 6.07) is 19.0. The van der Waals surface area contributed by atoms with Gasteiger partial charge in [-0.25, -0.2) is 4.79 Å². The summed E-state index contributed by atoms with van der Waals surface area (Å²) in [5.74, 6) is 2.46. The van der Waals surface area contributed by atoms with E-state index >= 15 is 0 Å². The Labute approximate surface area is 203 Å². The lowest BCUT2D eigenvalue weighted by Gasteiger charge is -2.21. The van der Waals surface area contributed by atoms with Gasteiger partial charge in [0.25, 0.3) is 0 Å². The summed E-state index contributed by atoms with van der Waals surface area (Å²) in [5.41, 5.74) is 3.73. The Bertz CT molecular complexity index is 1350. The number of hydrogen-bond donors (Lipinski definition) is 3. The molecule has 0 saturated carbocycles. The van der Waals surface area contributed by atoms with Gasteiger partial charge >= 0.3 is 6.03 Å². The van der Waals surface area contributed by atoms with E-state index in [2.05, 4.69) is 21.7 Å². The van der Waals surface area contributed by atoms with Gasteiger partial charge in [0.1, 0.15) is 13.2 Å². The highest BCUT2D eigenvalue weighted by atomic mass is 16.6. The third-order valence-electron chi connectivity index (χ3n) is 6.07. The lowest BCUT2D eigenvalue weighted by Crippen LogP contribution is -2.32. The number of benzene rings is 3. The molecule has 2 amide bonds. The SMILES string of the molecule is COc1ccc([C@H](CNC(=O)Nc2ccc3c(c2)OCCO3)c2c[nH]c3ccccc23)cc1OC. The lowest BCUT2D eigenvalue weighted by atomic mass is 9.90. The zero-order valence-corrected chi connectivity index (χ0v) is 19.6. The number of carbonyl (C=O) groups excluding carboxylic acids is 1. The van der Waals surface area contributed by atoms with Gasteiger partial charge in [-0.3, -0.25) is 0 Å². The average Bonchev–Trinajstić information content (AvgIpc) is 3.32. The number of ether oxygens (including phenoxy) is 4. The molecule has 35 heavy (non-hydrogen) atoms. The monoisotopic (exact) mass is 473 g/mol. The fourth-order valence-corrected chi connectivity index (χ4v) is 4.35. The summed E-state index contributed by atoms with van der Waals surface area (Å²) in [6.45, 7) is 1.37. The Kier molecular flexibility index (Phi) is 6.34. The molecular weight excluding hydrogens is 446 g/mol. The zero-order chi connectivity index (χ0) is 24.2. The van der Waals surface area contributed by atoms with Crippen molar-refractivity contribution in [3.05, 3.63) is 78.0 Å². The normalized spacial score (nSPS) is 13.2. The van der Waals surface area contributed by atoms with Crippen LogP contribution in [0.1, 0.15) is 17.0 Å². The number of H-pyrrole nitrogens is 1. The fourth-order valence-electron chi connectivity index (χ4n) is 4.35. The molecule has 1 aliphatic rings. The highest BCUT2D eigenvalue weighted by Gasteiger charge is 2.21. The van der Waals surface area contributed by atoms with Crippen LogP contribution in [0.25, 0.3) is 10.9 Å². The van der Waals surface area contributed by atoms with Crippen molar-refractivity contribution in [3.63, 3.8) is 0 Å². The predicted molar refractivity (Wildman–Crippen MR) is 134 cm³/mol. The quantitative estimate of drug-likeness (QED) is 0.355. The first-order chi connectivity index (χ1) is 17.2. The highest BCUT2D eigenvalue weighted by molar-refractivity contribution is 5.90. The van der Waals surface area contributed by atoms with E-state index in [1.54, 1.807) is 32.4 Å². The number of rotatable bonds is 7. The number of methoxy groups -OCH3 is 2. The Morgan fingerprint density at radius 2 is 1.77 bits per heavy atom. The summed E-state index contributed by atoms with van der Waals surface area (Å²) in [4.78, 5) is 16.2. The number of nitrogens with one attached hydrogen (secondary N) is 3. The van der Waals surface area contributed by atoms with E-state index in [0.717, 1.165) is 22.0 Å². The van der Waals surface area contributed by atoms with E-state index < -0.39 is 0 Å². The van der Waals surface area contributed by atoms with Crippen LogP contribution < -0.4 is 29.6 Å². The second-order valence-electron chi connectivity index (χ2n) is 8.15. The Balaban J connectivity index is 1.39. The third kappa shape index (κ3) is 4.68. The summed E-state index contributed by atoms with van der Waals surface area (Å²) in [7, 11) is 3.22. The van der Waals surface area contributed by atoms with Crippen LogP contribution in [0.4, 0.5) is 10.5 Å². The first kappa shape index (κ1) is 22.5. The predicted octanol–water partition coefficient (Wildman–Crippen LogP) is 4.91. The number of urea groups is 1. The van der Waals surface area contributed by atoms with E-state index in [0.29, 0.717) is 48.4 Å². The van der Waals surface area contributed by atoms with Crippen molar-refractivity contribution in [1.82, 2.24) is 10.3 Å². The van der Waals surface area contributed by atoms with E-state index in [9.17, 15) is 4.79 Å². The van der Waals surface area contributed by atoms with Crippen molar-refractivity contribution in [1.29, 1.82) is 0 Å². The maximum Gasteiger partial charge on any atom is 0.319 e. The molecule has 2 heterocycles. The molecular formula is C27H27N3O5. The zero-order valence-electron chi connectivity index (χ0n) is 19.6. The first-order valence-corrected chi connectivity index (χ1v) is 11.4. The van der Waals surface area contributed by atoms with Crippen LogP contribution in [0.2, 0.25) is 0 Å². The Morgan fingerprint density at radius 1 is 0.971 bits per heavy atom. The highest BCUT2D eigenvalue weighted by Crippen LogP contribution is 2.36. The molecule has 1 aromatic heterocycles. The minimum absolute atomic E-state index is 0.128. The van der Waals surface area contributed by atoms with E-state index in [1.807, 2.05) is 42.6 Å². The molecule has 0 bridgehead atoms. The number of fused-ring (bicyclic) bond motifs is 2. The molecule has 0 radical (unpaired) electrons. The fraction of sp³-hybridized carbons (Fsp3) is 0.222. The largest absolute Gasteiger partial charge is 0.493 e. The van der Waals surface area contributed by atoms with Gasteiger partial charge in [-0.05, 0) is 41.5 Å². The van der Waals surface area contributed by atoms with Crippen molar-refractivity contribution in [2.45, 2.75) is 5.92 Å². The summed E-state index contributed by atoms with van der Waals surface area (Å²) in [6.07, 6.45) is 1.99. The molecule has 1 atom stereocenters. The number of carbonyl (C=O) groups is 1. The molecule has 0 saturated heterocycles. The molecule has 4 aromatic rings. The summed E-state index contributed by atoms with van der Waals surface area (Å²) < 4.78 is 22.1. The minimum atomic E-state index is -0.313. The second-order valence-corrected chi connectivity index (χ2v) is 8.15. The van der Waals surface area contributed by atoms with Crippen LogP contribution in [0.15, 0.2) is 66.9 Å². The van der Waals surface area contributed by atoms with Crippen molar-refractivity contribution in [2.24, 2.45) is 0 Å². The smallest absolute Gasteiger partial charge is 0.319 e. The molecule has 0 spiro atoms. The van der Waals surface area contributed by atoms with Crippen LogP contribution in [0.3, 0.4) is 0 Å². The molecule has 180 valence electrons. The van der Waals surface area contributed by atoms with Gasteiger partial charge in [0.2, 0.25) is 0 Å². The Hall–Kier alpha value is -4.33. The number of aromatic amines is 1. The van der Waals surface area contributed by atoms with Gasteiger partial charge in [0, 0.05) is 41.3 Å². The van der Waals surface area contributed by atoms with Gasteiger partial charge in [0.15, 0.2) is 23.0 Å². The number of hydrogen-bond acceptors (Lipinski definition) is 5. The van der Waals surface area contributed by atoms with Gasteiger partial charge in [0.05, 0.1) is 14.2 Å². The molecule has 5 rings (SSSR count). The number of para-hydroxylation sites is 1. The van der Waals surface area contributed by atoms with Crippen LogP contribution in [0.5, 0.6) is 23.0 Å². The number of aromatic nitrogens is 1. The van der Waals surface area contributed by atoms with Crippen molar-refractivity contribution in [3.8, 4) is 23.0 Å². The van der Waals surface area contributed by atoms with Crippen LogP contribution >= 0.6 is 0 Å². The molecule has 3 N–H and O–H groups in total. The standard InChI is InChI=1S/C27H27N3O5/c1-32-23-9-7-17(13-25(23)33-2)20(21-16-28-22-6-4-3-5-19(21)22)15-29-27(31)30-18-8-10-24-26(14-18)35-12-11-34-24/h3-10,13-14,16,20,28H,11-12,15H2,1-2H3,(H2,29,30,31)/t20-/m0/s1. The van der Waals surface area contributed by atoms with Gasteiger partial charge in [-0.1, -0.05) is 24.3 Å². The van der Waals surface area contributed by atoms with E-state index in [-0.39, 0.29) is 11.9 Å². The van der Waals surface area contributed by atoms with Crippen molar-refractivity contribution >= 4 is 22.6 Å². The molecule has 0 unspecified atom stereocenters. The first-order valence-electron chi connectivity index (χ1n) is 11.4. The molecule has 0 aliphatic carbocycles. The lowest BCUT2D eigenvalue weighted by molar-refractivity contribution is 0.171. The van der Waals surface area contributed by atoms with Gasteiger partial charge in [-0.15, -0.1) is 0 Å². The van der Waals surface area contributed by atoms with Gasteiger partial charge in [-0.2, -0.15) is 0 Å².